The molecule has 0 bridgehead atoms. The topological polar surface area (TPSA) is 56.5 Å². The molecular formula is C11H7BrO4. The third-order valence-corrected chi connectivity index (χ3v) is 2.79. The van der Waals surface area contributed by atoms with Crippen molar-refractivity contribution in [3.8, 4) is 0 Å². The molecule has 2 aromatic rings. The highest BCUT2D eigenvalue weighted by Crippen LogP contribution is 2.21. The summed E-state index contributed by atoms with van der Waals surface area (Å²) in [5.74, 6) is -0.767. The van der Waals surface area contributed by atoms with Crippen LogP contribution >= 0.6 is 15.9 Å². The minimum atomic E-state index is -0.668. The van der Waals surface area contributed by atoms with E-state index in [1.165, 1.54) is 13.2 Å². The van der Waals surface area contributed by atoms with Crippen LogP contribution in [0.3, 0.4) is 0 Å². The Balaban J connectivity index is 2.79. The van der Waals surface area contributed by atoms with Gasteiger partial charge in [-0.15, -0.1) is 0 Å². The van der Waals surface area contributed by atoms with Crippen LogP contribution in [0.5, 0.6) is 0 Å². The second kappa shape index (κ2) is 4.09. The van der Waals surface area contributed by atoms with Gasteiger partial charge in [0.05, 0.1) is 12.5 Å². The van der Waals surface area contributed by atoms with Crippen molar-refractivity contribution in [3.05, 3.63) is 44.9 Å². The molecule has 0 radical (unpaired) electrons. The zero-order valence-corrected chi connectivity index (χ0v) is 9.91. The highest BCUT2D eigenvalue weighted by atomic mass is 79.9. The molecule has 0 fully saturated rings. The van der Waals surface area contributed by atoms with E-state index in [9.17, 15) is 9.59 Å². The van der Waals surface area contributed by atoms with Crippen molar-refractivity contribution in [2.24, 2.45) is 0 Å². The summed E-state index contributed by atoms with van der Waals surface area (Å²) in [7, 11) is 1.23. The van der Waals surface area contributed by atoms with E-state index in [0.29, 0.717) is 15.2 Å². The predicted molar refractivity (Wildman–Crippen MR) is 61.5 cm³/mol. The van der Waals surface area contributed by atoms with Crippen LogP contribution in [0.2, 0.25) is 0 Å². The summed E-state index contributed by atoms with van der Waals surface area (Å²) in [5.41, 5.74) is -0.564. The van der Waals surface area contributed by atoms with Crippen LogP contribution in [0.1, 0.15) is 10.6 Å². The SMILES string of the molecule is COC(=O)c1cc2cccc(Br)c2c(=O)o1. The van der Waals surface area contributed by atoms with E-state index < -0.39 is 11.6 Å². The fourth-order valence-corrected chi connectivity index (χ4v) is 1.94. The smallest absolute Gasteiger partial charge is 0.374 e. The summed E-state index contributed by atoms with van der Waals surface area (Å²) in [6.45, 7) is 0. The van der Waals surface area contributed by atoms with Gasteiger partial charge in [-0.05, 0) is 33.4 Å². The van der Waals surface area contributed by atoms with Crippen molar-refractivity contribution in [1.82, 2.24) is 0 Å². The highest BCUT2D eigenvalue weighted by Gasteiger charge is 2.13. The van der Waals surface area contributed by atoms with Gasteiger partial charge in [0.15, 0.2) is 0 Å². The fourth-order valence-electron chi connectivity index (χ4n) is 1.40. The molecule has 0 N–H and O–H groups in total. The van der Waals surface area contributed by atoms with Crippen LogP contribution in [-0.2, 0) is 4.74 Å². The van der Waals surface area contributed by atoms with Crippen LogP contribution < -0.4 is 5.63 Å². The Morgan fingerprint density at radius 1 is 1.44 bits per heavy atom. The normalized spacial score (nSPS) is 10.4. The summed E-state index contributed by atoms with van der Waals surface area (Å²) in [6, 6.07) is 6.71. The van der Waals surface area contributed by atoms with E-state index in [2.05, 4.69) is 20.7 Å². The van der Waals surface area contributed by atoms with Gasteiger partial charge in [-0.3, -0.25) is 0 Å². The van der Waals surface area contributed by atoms with Gasteiger partial charge in [0.2, 0.25) is 5.76 Å². The number of ether oxygens (including phenoxy) is 1. The molecule has 5 heteroatoms. The lowest BCUT2D eigenvalue weighted by atomic mass is 10.2. The number of rotatable bonds is 1. The minimum absolute atomic E-state index is 0.0990. The Kier molecular flexibility index (Phi) is 2.78. The fraction of sp³-hybridized carbons (Fsp3) is 0.0909. The molecule has 0 aliphatic carbocycles. The van der Waals surface area contributed by atoms with Gasteiger partial charge in [-0.25, -0.2) is 9.59 Å². The standard InChI is InChI=1S/C11H7BrO4/c1-15-10(13)8-5-6-3-2-4-7(12)9(6)11(14)16-8/h2-5H,1H3. The van der Waals surface area contributed by atoms with Crippen LogP contribution in [-0.4, -0.2) is 13.1 Å². The summed E-state index contributed by atoms with van der Waals surface area (Å²) < 4.78 is 9.99. The Hall–Kier alpha value is -1.62. The van der Waals surface area contributed by atoms with Gasteiger partial charge in [0, 0.05) is 4.47 Å². The van der Waals surface area contributed by atoms with Crippen LogP contribution in [0.4, 0.5) is 0 Å². The first-order chi connectivity index (χ1) is 7.63. The Morgan fingerprint density at radius 3 is 2.88 bits per heavy atom. The van der Waals surface area contributed by atoms with Crippen LogP contribution in [0.15, 0.2) is 37.9 Å². The van der Waals surface area contributed by atoms with Crippen molar-refractivity contribution in [2.75, 3.05) is 7.11 Å². The summed E-state index contributed by atoms with van der Waals surface area (Å²) in [4.78, 5) is 22.9. The number of carbonyl (C=O) groups is 1. The highest BCUT2D eigenvalue weighted by molar-refractivity contribution is 9.10. The van der Waals surface area contributed by atoms with Crippen molar-refractivity contribution in [2.45, 2.75) is 0 Å². The average molecular weight is 283 g/mol. The predicted octanol–water partition coefficient (Wildman–Crippen LogP) is 2.34. The first-order valence-corrected chi connectivity index (χ1v) is 5.23. The molecule has 1 aromatic heterocycles. The Labute approximate surface area is 99.0 Å². The third-order valence-electron chi connectivity index (χ3n) is 2.13. The molecule has 2 rings (SSSR count). The Bertz CT molecular complexity index is 615. The largest absolute Gasteiger partial charge is 0.463 e. The van der Waals surface area contributed by atoms with E-state index in [1.807, 2.05) is 0 Å². The first kappa shape index (κ1) is 10.9. The first-order valence-electron chi connectivity index (χ1n) is 4.44. The lowest BCUT2D eigenvalue weighted by Crippen LogP contribution is -2.08. The lowest BCUT2D eigenvalue weighted by Gasteiger charge is -2.01. The molecule has 1 aromatic carbocycles. The van der Waals surface area contributed by atoms with Gasteiger partial charge in [-0.1, -0.05) is 12.1 Å². The van der Waals surface area contributed by atoms with E-state index in [0.717, 1.165) is 0 Å². The third kappa shape index (κ3) is 1.74. The van der Waals surface area contributed by atoms with Crippen molar-refractivity contribution in [3.63, 3.8) is 0 Å². The number of fused-ring (bicyclic) bond motifs is 1. The maximum atomic E-state index is 11.6. The monoisotopic (exact) mass is 282 g/mol. The zero-order chi connectivity index (χ0) is 11.7. The number of methoxy groups -OCH3 is 1. The number of benzene rings is 1. The lowest BCUT2D eigenvalue weighted by molar-refractivity contribution is 0.0560. The van der Waals surface area contributed by atoms with E-state index in [-0.39, 0.29) is 5.76 Å². The number of esters is 1. The molecule has 82 valence electrons. The second-order valence-corrected chi connectivity index (χ2v) is 3.95. The van der Waals surface area contributed by atoms with Gasteiger partial charge in [-0.2, -0.15) is 0 Å². The van der Waals surface area contributed by atoms with Crippen molar-refractivity contribution >= 4 is 32.7 Å². The van der Waals surface area contributed by atoms with Gasteiger partial charge < -0.3 is 9.15 Å². The van der Waals surface area contributed by atoms with E-state index in [4.69, 9.17) is 4.42 Å². The molecule has 0 atom stereocenters. The molecule has 0 aliphatic heterocycles. The van der Waals surface area contributed by atoms with Crippen LogP contribution in [0.25, 0.3) is 10.8 Å². The molecule has 0 aliphatic rings. The number of carbonyl (C=O) groups excluding carboxylic acids is 1. The average Bonchev–Trinajstić information content (AvgIpc) is 2.27. The second-order valence-electron chi connectivity index (χ2n) is 3.09. The van der Waals surface area contributed by atoms with Gasteiger partial charge in [0.1, 0.15) is 0 Å². The molecular weight excluding hydrogens is 276 g/mol. The summed E-state index contributed by atoms with van der Waals surface area (Å²) in [5, 5.41) is 1.04. The molecule has 0 unspecified atom stereocenters. The zero-order valence-electron chi connectivity index (χ0n) is 8.32. The summed E-state index contributed by atoms with van der Waals surface area (Å²) >= 11 is 3.25. The van der Waals surface area contributed by atoms with Crippen molar-refractivity contribution in [1.29, 1.82) is 0 Å². The minimum Gasteiger partial charge on any atom is -0.463 e. The number of halogens is 1. The van der Waals surface area contributed by atoms with E-state index >= 15 is 0 Å². The quantitative estimate of drug-likeness (QED) is 0.754. The van der Waals surface area contributed by atoms with Crippen molar-refractivity contribution < 1.29 is 13.9 Å². The van der Waals surface area contributed by atoms with Gasteiger partial charge >= 0.3 is 11.6 Å². The summed E-state index contributed by atoms with van der Waals surface area (Å²) in [6.07, 6.45) is 0. The molecule has 0 saturated heterocycles. The van der Waals surface area contributed by atoms with E-state index in [1.54, 1.807) is 18.2 Å². The maximum Gasteiger partial charge on any atom is 0.374 e. The van der Waals surface area contributed by atoms with Gasteiger partial charge in [0.25, 0.3) is 0 Å². The van der Waals surface area contributed by atoms with Crippen LogP contribution in [0, 0.1) is 0 Å². The molecule has 16 heavy (non-hydrogen) atoms. The maximum absolute atomic E-state index is 11.6. The molecule has 0 spiro atoms. The molecule has 1 heterocycles. The Morgan fingerprint density at radius 2 is 2.19 bits per heavy atom. The molecule has 4 nitrogen and oxygen atoms in total. The molecule has 0 amide bonds. The number of hydrogen-bond donors (Lipinski definition) is 0. The number of hydrogen-bond acceptors (Lipinski definition) is 4. The molecule has 0 saturated carbocycles.